The number of carbonyl (C=O) groups is 2. The monoisotopic (exact) mass is 329 g/mol. The van der Waals surface area contributed by atoms with Crippen LogP contribution >= 0.6 is 11.6 Å². The van der Waals surface area contributed by atoms with E-state index in [0.717, 1.165) is 6.20 Å². The van der Waals surface area contributed by atoms with Crippen molar-refractivity contribution in [3.63, 3.8) is 0 Å². The summed E-state index contributed by atoms with van der Waals surface area (Å²) in [6.45, 7) is 2.85. The zero-order valence-electron chi connectivity index (χ0n) is 12.0. The molecule has 1 heterocycles. The molecule has 0 aromatic heterocycles. The van der Waals surface area contributed by atoms with Crippen LogP contribution in [0.5, 0.6) is 5.75 Å². The van der Waals surface area contributed by atoms with Crippen LogP contribution in [-0.2, 0) is 19.1 Å². The summed E-state index contributed by atoms with van der Waals surface area (Å²) in [5, 5.41) is 2.59. The zero-order chi connectivity index (χ0) is 16.5. The second-order valence-corrected chi connectivity index (χ2v) is 5.23. The fourth-order valence-electron chi connectivity index (χ4n) is 1.76. The first-order valence-electron chi connectivity index (χ1n) is 6.20. The number of rotatable bonds is 3. The number of nitrogens with one attached hydrogen (secondary N) is 1. The van der Waals surface area contributed by atoms with Crippen molar-refractivity contribution in [2.75, 3.05) is 12.4 Å². The summed E-state index contributed by atoms with van der Waals surface area (Å²) in [6.07, 6.45) is 1.01. The number of halogens is 2. The Morgan fingerprint density at radius 3 is 2.41 bits per heavy atom. The third-order valence-electron chi connectivity index (χ3n) is 2.74. The lowest BCUT2D eigenvalue weighted by molar-refractivity contribution is -0.222. The Morgan fingerprint density at radius 2 is 1.86 bits per heavy atom. The minimum Gasteiger partial charge on any atom is -0.492 e. The van der Waals surface area contributed by atoms with Gasteiger partial charge in [-0.15, -0.1) is 0 Å². The molecule has 1 fully saturated rings. The zero-order valence-corrected chi connectivity index (χ0v) is 12.8. The lowest BCUT2D eigenvalue weighted by atomic mass is 10.2. The van der Waals surface area contributed by atoms with E-state index in [9.17, 15) is 14.0 Å². The van der Waals surface area contributed by atoms with Crippen LogP contribution in [0.2, 0.25) is 5.02 Å². The van der Waals surface area contributed by atoms with E-state index in [1.807, 2.05) is 0 Å². The SMILES string of the molecule is COc1c(Cl)ccc(NC=C2C(=O)OC(C)(C)OC2=O)c1F. The van der Waals surface area contributed by atoms with E-state index in [4.69, 9.17) is 25.8 Å². The van der Waals surface area contributed by atoms with E-state index in [1.54, 1.807) is 0 Å². The molecule has 1 aromatic carbocycles. The van der Waals surface area contributed by atoms with Gasteiger partial charge in [-0.05, 0) is 12.1 Å². The number of hydrogen-bond acceptors (Lipinski definition) is 6. The highest BCUT2D eigenvalue weighted by Gasteiger charge is 2.39. The number of benzene rings is 1. The molecule has 0 saturated carbocycles. The van der Waals surface area contributed by atoms with Gasteiger partial charge in [0.25, 0.3) is 5.79 Å². The quantitative estimate of drug-likeness (QED) is 0.522. The van der Waals surface area contributed by atoms with E-state index in [0.29, 0.717) is 0 Å². The molecule has 0 aliphatic carbocycles. The van der Waals surface area contributed by atoms with Crippen LogP contribution in [0.4, 0.5) is 10.1 Å². The van der Waals surface area contributed by atoms with Crippen LogP contribution in [0.15, 0.2) is 23.9 Å². The van der Waals surface area contributed by atoms with Crippen molar-refractivity contribution >= 4 is 29.2 Å². The van der Waals surface area contributed by atoms with Gasteiger partial charge < -0.3 is 19.5 Å². The molecule has 0 unspecified atom stereocenters. The summed E-state index contributed by atoms with van der Waals surface area (Å²) in [4.78, 5) is 23.5. The van der Waals surface area contributed by atoms with Crippen molar-refractivity contribution in [1.82, 2.24) is 0 Å². The summed E-state index contributed by atoms with van der Waals surface area (Å²) in [5.41, 5.74) is -0.410. The van der Waals surface area contributed by atoms with Crippen molar-refractivity contribution in [3.8, 4) is 5.75 Å². The number of cyclic esters (lactones) is 2. The fourth-order valence-corrected chi connectivity index (χ4v) is 1.98. The van der Waals surface area contributed by atoms with Gasteiger partial charge in [-0.1, -0.05) is 11.6 Å². The van der Waals surface area contributed by atoms with E-state index in [2.05, 4.69) is 5.32 Å². The molecule has 1 N–H and O–H groups in total. The van der Waals surface area contributed by atoms with Crippen LogP contribution in [-0.4, -0.2) is 24.8 Å². The third-order valence-corrected chi connectivity index (χ3v) is 3.04. The molecular formula is C14H13ClFNO5. The molecule has 1 aliphatic rings. The Morgan fingerprint density at radius 1 is 1.27 bits per heavy atom. The molecule has 0 radical (unpaired) electrons. The van der Waals surface area contributed by atoms with Gasteiger partial charge in [0.05, 0.1) is 17.8 Å². The fraction of sp³-hybridized carbons (Fsp3) is 0.286. The Labute approximate surface area is 130 Å². The molecule has 1 aliphatic heterocycles. The van der Waals surface area contributed by atoms with Crippen molar-refractivity contribution in [2.24, 2.45) is 0 Å². The maximum Gasteiger partial charge on any atom is 0.350 e. The van der Waals surface area contributed by atoms with Gasteiger partial charge in [-0.3, -0.25) is 0 Å². The van der Waals surface area contributed by atoms with E-state index in [-0.39, 0.29) is 22.0 Å². The Hall–Kier alpha value is -2.28. The molecule has 0 spiro atoms. The first kappa shape index (κ1) is 16.1. The first-order valence-corrected chi connectivity index (χ1v) is 6.58. The average Bonchev–Trinajstić information content (AvgIpc) is 2.39. The van der Waals surface area contributed by atoms with E-state index < -0.39 is 23.5 Å². The third kappa shape index (κ3) is 3.14. The number of ether oxygens (including phenoxy) is 3. The maximum atomic E-state index is 14.1. The highest BCUT2D eigenvalue weighted by atomic mass is 35.5. The summed E-state index contributed by atoms with van der Waals surface area (Å²) in [7, 11) is 1.27. The van der Waals surface area contributed by atoms with Gasteiger partial charge in [-0.25, -0.2) is 14.0 Å². The molecule has 0 amide bonds. The van der Waals surface area contributed by atoms with Crippen LogP contribution in [0, 0.1) is 5.82 Å². The molecule has 1 saturated heterocycles. The van der Waals surface area contributed by atoms with E-state index >= 15 is 0 Å². The maximum absolute atomic E-state index is 14.1. The molecule has 0 bridgehead atoms. The van der Waals surface area contributed by atoms with Crippen LogP contribution in [0.25, 0.3) is 0 Å². The topological polar surface area (TPSA) is 73.9 Å². The Bertz CT molecular complexity index is 649. The summed E-state index contributed by atoms with van der Waals surface area (Å²) < 4.78 is 28.7. The number of esters is 2. The van der Waals surface area contributed by atoms with Crippen LogP contribution in [0.3, 0.4) is 0 Å². The summed E-state index contributed by atoms with van der Waals surface area (Å²) in [5.74, 6) is -3.98. The molecule has 22 heavy (non-hydrogen) atoms. The van der Waals surface area contributed by atoms with Gasteiger partial charge in [0.2, 0.25) is 0 Å². The summed E-state index contributed by atoms with van der Waals surface area (Å²) in [6, 6.07) is 2.74. The number of methoxy groups -OCH3 is 1. The predicted octanol–water partition coefficient (Wildman–Crippen LogP) is 2.62. The molecular weight excluding hydrogens is 317 g/mol. The second kappa shape index (κ2) is 5.84. The molecule has 118 valence electrons. The van der Waals surface area contributed by atoms with Gasteiger partial charge in [0.15, 0.2) is 17.1 Å². The smallest absolute Gasteiger partial charge is 0.350 e. The molecule has 2 rings (SSSR count). The first-order chi connectivity index (χ1) is 10.2. The highest BCUT2D eigenvalue weighted by molar-refractivity contribution is 6.32. The minimum absolute atomic E-state index is 0.0285. The van der Waals surface area contributed by atoms with Crippen molar-refractivity contribution in [3.05, 3.63) is 34.7 Å². The molecule has 8 heteroatoms. The van der Waals surface area contributed by atoms with Crippen molar-refractivity contribution in [2.45, 2.75) is 19.6 Å². The minimum atomic E-state index is -1.33. The van der Waals surface area contributed by atoms with Crippen LogP contribution in [0.1, 0.15) is 13.8 Å². The Balaban J connectivity index is 2.26. The van der Waals surface area contributed by atoms with Gasteiger partial charge >= 0.3 is 11.9 Å². The molecule has 6 nitrogen and oxygen atoms in total. The lowest BCUT2D eigenvalue weighted by Gasteiger charge is -2.29. The Kier molecular flexibility index (Phi) is 4.27. The molecule has 1 aromatic rings. The largest absolute Gasteiger partial charge is 0.492 e. The summed E-state index contributed by atoms with van der Waals surface area (Å²) >= 11 is 5.77. The number of carbonyl (C=O) groups excluding carboxylic acids is 2. The van der Waals surface area contributed by atoms with Gasteiger partial charge in [0.1, 0.15) is 0 Å². The van der Waals surface area contributed by atoms with Crippen molar-refractivity contribution < 1.29 is 28.2 Å². The standard InChI is InChI=1S/C14H13ClFNO5/c1-14(2)21-12(18)7(13(19)22-14)6-17-9-5-4-8(15)11(20-3)10(9)16/h4-6,17H,1-3H3. The normalized spacial score (nSPS) is 16.7. The predicted molar refractivity (Wildman–Crippen MR) is 75.9 cm³/mol. The lowest BCUT2D eigenvalue weighted by Crippen LogP contribution is -2.42. The van der Waals surface area contributed by atoms with E-state index in [1.165, 1.54) is 33.1 Å². The van der Waals surface area contributed by atoms with Crippen LogP contribution < -0.4 is 10.1 Å². The average molecular weight is 330 g/mol. The molecule has 0 atom stereocenters. The number of anilines is 1. The van der Waals surface area contributed by atoms with Gasteiger partial charge in [0, 0.05) is 20.0 Å². The van der Waals surface area contributed by atoms with Crippen molar-refractivity contribution in [1.29, 1.82) is 0 Å². The second-order valence-electron chi connectivity index (χ2n) is 4.82. The highest BCUT2D eigenvalue weighted by Crippen LogP contribution is 2.32. The number of hydrogen-bond donors (Lipinski definition) is 1. The van der Waals surface area contributed by atoms with Gasteiger partial charge in [-0.2, -0.15) is 0 Å².